The van der Waals surface area contributed by atoms with E-state index in [2.05, 4.69) is 0 Å². The quantitative estimate of drug-likeness (QED) is 0.643. The Labute approximate surface area is 84.9 Å². The van der Waals surface area contributed by atoms with E-state index >= 15 is 0 Å². The molecule has 0 aliphatic heterocycles. The topological polar surface area (TPSA) is 26.3 Å². The minimum absolute atomic E-state index is 0.123. The lowest BCUT2D eigenvalue weighted by Gasteiger charge is -2.02. The number of allylic oxidation sites excluding steroid dienone is 2. The van der Waals surface area contributed by atoms with E-state index in [-0.39, 0.29) is 5.97 Å². The summed E-state index contributed by atoms with van der Waals surface area (Å²) in [4.78, 5) is 10.9. The van der Waals surface area contributed by atoms with Crippen LogP contribution >= 0.6 is 11.6 Å². The molecule has 0 aliphatic carbocycles. The Hall–Kier alpha value is -0.500. The molecule has 0 fully saturated rings. The minimum atomic E-state index is -0.123. The summed E-state index contributed by atoms with van der Waals surface area (Å²) in [6.07, 6.45) is 2.16. The lowest BCUT2D eigenvalue weighted by Crippen LogP contribution is -2.03. The van der Waals surface area contributed by atoms with Crippen LogP contribution in [0.15, 0.2) is 10.6 Å². The van der Waals surface area contributed by atoms with Crippen molar-refractivity contribution in [1.82, 2.24) is 0 Å². The number of hydrogen-bond acceptors (Lipinski definition) is 2. The molecule has 0 atom stereocenters. The van der Waals surface area contributed by atoms with Gasteiger partial charge in [0.05, 0.1) is 6.61 Å². The van der Waals surface area contributed by atoms with Gasteiger partial charge in [0.2, 0.25) is 0 Å². The highest BCUT2D eigenvalue weighted by Gasteiger charge is 2.01. The van der Waals surface area contributed by atoms with Gasteiger partial charge in [-0.15, -0.1) is 0 Å². The summed E-state index contributed by atoms with van der Waals surface area (Å²) >= 11 is 5.77. The standard InChI is InChI=1S/C10H17ClO2/c1-4-13-10(12)7-5-6-8(2)9(3)11/h4-7H2,1-3H3. The maximum atomic E-state index is 10.9. The van der Waals surface area contributed by atoms with Crippen molar-refractivity contribution in [3.8, 4) is 0 Å². The van der Waals surface area contributed by atoms with Gasteiger partial charge in [0.1, 0.15) is 0 Å². The van der Waals surface area contributed by atoms with E-state index in [0.717, 1.165) is 23.4 Å². The Morgan fingerprint density at radius 3 is 2.38 bits per heavy atom. The normalized spacial score (nSPS) is 12.3. The van der Waals surface area contributed by atoms with Gasteiger partial charge in [0.25, 0.3) is 0 Å². The Morgan fingerprint density at radius 2 is 1.92 bits per heavy atom. The number of carbonyl (C=O) groups excluding carboxylic acids is 1. The van der Waals surface area contributed by atoms with Crippen LogP contribution in [0.5, 0.6) is 0 Å². The van der Waals surface area contributed by atoms with E-state index in [0.29, 0.717) is 13.0 Å². The summed E-state index contributed by atoms with van der Waals surface area (Å²) in [6.45, 7) is 6.11. The van der Waals surface area contributed by atoms with Crippen LogP contribution in [-0.4, -0.2) is 12.6 Å². The molecule has 0 aromatic rings. The largest absolute Gasteiger partial charge is 0.466 e. The Bertz CT molecular complexity index is 193. The fourth-order valence-corrected chi connectivity index (χ4v) is 0.998. The first-order valence-corrected chi connectivity index (χ1v) is 4.93. The number of carbonyl (C=O) groups is 1. The molecule has 0 rings (SSSR count). The van der Waals surface area contributed by atoms with E-state index in [1.54, 1.807) is 0 Å². The molecule has 13 heavy (non-hydrogen) atoms. The summed E-state index contributed by atoms with van der Waals surface area (Å²) in [5.74, 6) is -0.123. The van der Waals surface area contributed by atoms with Crippen LogP contribution in [0, 0.1) is 0 Å². The Kier molecular flexibility index (Phi) is 6.69. The maximum absolute atomic E-state index is 10.9. The molecule has 0 aromatic carbocycles. The average Bonchev–Trinajstić information content (AvgIpc) is 2.04. The third-order valence-corrected chi connectivity index (χ3v) is 2.15. The molecule has 0 saturated heterocycles. The predicted octanol–water partition coefficient (Wildman–Crippen LogP) is 3.25. The second-order valence-electron chi connectivity index (χ2n) is 2.97. The molecule has 0 aromatic heterocycles. The minimum Gasteiger partial charge on any atom is -0.466 e. The van der Waals surface area contributed by atoms with Crippen molar-refractivity contribution in [3.63, 3.8) is 0 Å². The van der Waals surface area contributed by atoms with Crippen molar-refractivity contribution in [2.24, 2.45) is 0 Å². The van der Waals surface area contributed by atoms with Crippen LogP contribution in [0.25, 0.3) is 0 Å². The van der Waals surface area contributed by atoms with E-state index in [4.69, 9.17) is 16.3 Å². The summed E-state index contributed by atoms with van der Waals surface area (Å²) in [5, 5.41) is 0.823. The Morgan fingerprint density at radius 1 is 1.31 bits per heavy atom. The van der Waals surface area contributed by atoms with Crippen LogP contribution in [-0.2, 0) is 9.53 Å². The number of rotatable bonds is 5. The summed E-state index contributed by atoms with van der Waals surface area (Å²) in [5.41, 5.74) is 1.14. The second-order valence-corrected chi connectivity index (χ2v) is 3.54. The summed E-state index contributed by atoms with van der Waals surface area (Å²) < 4.78 is 4.80. The third kappa shape index (κ3) is 6.64. The lowest BCUT2D eigenvalue weighted by molar-refractivity contribution is -0.143. The third-order valence-electron chi connectivity index (χ3n) is 1.83. The summed E-state index contributed by atoms with van der Waals surface area (Å²) in [7, 11) is 0. The van der Waals surface area contributed by atoms with E-state index in [1.165, 1.54) is 0 Å². The zero-order valence-electron chi connectivity index (χ0n) is 8.52. The predicted molar refractivity (Wildman–Crippen MR) is 54.7 cm³/mol. The molecule has 3 heteroatoms. The molecule has 76 valence electrons. The number of halogens is 1. The first-order chi connectivity index (χ1) is 6.07. The summed E-state index contributed by atoms with van der Waals surface area (Å²) in [6, 6.07) is 0. The number of ether oxygens (including phenoxy) is 1. The van der Waals surface area contributed by atoms with E-state index in [9.17, 15) is 4.79 Å². The first kappa shape index (κ1) is 12.5. The van der Waals surface area contributed by atoms with Crippen molar-refractivity contribution < 1.29 is 9.53 Å². The van der Waals surface area contributed by atoms with Gasteiger partial charge in [-0.05, 0) is 33.6 Å². The van der Waals surface area contributed by atoms with Gasteiger partial charge in [-0.2, -0.15) is 0 Å². The molecule has 2 nitrogen and oxygen atoms in total. The Balaban J connectivity index is 3.57. The zero-order valence-corrected chi connectivity index (χ0v) is 9.28. The van der Waals surface area contributed by atoms with E-state index < -0.39 is 0 Å². The molecule has 0 amide bonds. The van der Waals surface area contributed by atoms with Gasteiger partial charge in [0.15, 0.2) is 0 Å². The molecule has 0 aliphatic rings. The van der Waals surface area contributed by atoms with Gasteiger partial charge < -0.3 is 4.74 Å². The van der Waals surface area contributed by atoms with Crippen molar-refractivity contribution in [2.75, 3.05) is 6.61 Å². The SMILES string of the molecule is CCOC(=O)CCCC(C)=C(C)Cl. The number of esters is 1. The van der Waals surface area contributed by atoms with Gasteiger partial charge in [-0.25, -0.2) is 0 Å². The number of hydrogen-bond donors (Lipinski definition) is 0. The lowest BCUT2D eigenvalue weighted by atomic mass is 10.1. The van der Waals surface area contributed by atoms with Crippen molar-refractivity contribution >= 4 is 17.6 Å². The molecule has 0 heterocycles. The monoisotopic (exact) mass is 204 g/mol. The molecular weight excluding hydrogens is 188 g/mol. The van der Waals surface area contributed by atoms with Crippen LogP contribution in [0.4, 0.5) is 0 Å². The molecule has 0 radical (unpaired) electrons. The molecule has 0 bridgehead atoms. The van der Waals surface area contributed by atoms with Gasteiger partial charge in [0, 0.05) is 11.5 Å². The van der Waals surface area contributed by atoms with Crippen LogP contribution < -0.4 is 0 Å². The second kappa shape index (κ2) is 6.96. The van der Waals surface area contributed by atoms with Crippen LogP contribution in [0.3, 0.4) is 0 Å². The molecular formula is C10H17ClO2. The first-order valence-electron chi connectivity index (χ1n) is 4.55. The maximum Gasteiger partial charge on any atom is 0.305 e. The van der Waals surface area contributed by atoms with Gasteiger partial charge in [-0.3, -0.25) is 4.79 Å². The molecule has 0 N–H and O–H groups in total. The molecule has 0 saturated carbocycles. The van der Waals surface area contributed by atoms with E-state index in [1.807, 2.05) is 20.8 Å². The highest BCUT2D eigenvalue weighted by molar-refractivity contribution is 6.29. The molecule has 0 spiro atoms. The smallest absolute Gasteiger partial charge is 0.305 e. The van der Waals surface area contributed by atoms with Crippen molar-refractivity contribution in [2.45, 2.75) is 40.0 Å². The van der Waals surface area contributed by atoms with Crippen molar-refractivity contribution in [3.05, 3.63) is 10.6 Å². The highest BCUT2D eigenvalue weighted by Crippen LogP contribution is 2.14. The van der Waals surface area contributed by atoms with Crippen molar-refractivity contribution in [1.29, 1.82) is 0 Å². The van der Waals surface area contributed by atoms with Crippen LogP contribution in [0.1, 0.15) is 40.0 Å². The molecule has 0 unspecified atom stereocenters. The zero-order chi connectivity index (χ0) is 10.3. The van der Waals surface area contributed by atoms with Gasteiger partial charge in [-0.1, -0.05) is 17.2 Å². The highest BCUT2D eigenvalue weighted by atomic mass is 35.5. The fraction of sp³-hybridized carbons (Fsp3) is 0.700. The fourth-order valence-electron chi connectivity index (χ4n) is 0.903. The average molecular weight is 205 g/mol. The van der Waals surface area contributed by atoms with Gasteiger partial charge >= 0.3 is 5.97 Å². The van der Waals surface area contributed by atoms with Crippen LogP contribution in [0.2, 0.25) is 0 Å².